The van der Waals surface area contributed by atoms with E-state index in [1.54, 1.807) is 0 Å². The molecule has 0 N–H and O–H groups in total. The number of rotatable bonds is 2. The van der Waals surface area contributed by atoms with Crippen molar-refractivity contribution in [2.24, 2.45) is 0 Å². The van der Waals surface area contributed by atoms with Gasteiger partial charge in [-0.25, -0.2) is 9.97 Å². The summed E-state index contributed by atoms with van der Waals surface area (Å²) in [6.45, 7) is 2.77. The summed E-state index contributed by atoms with van der Waals surface area (Å²) < 4.78 is 5.53. The van der Waals surface area contributed by atoms with Crippen molar-refractivity contribution in [1.29, 1.82) is 0 Å². The molecule has 76 valence electrons. The molecule has 1 aliphatic heterocycles. The highest BCUT2D eigenvalue weighted by molar-refractivity contribution is 6.16. The second-order valence-electron chi connectivity index (χ2n) is 3.49. The first-order valence-corrected chi connectivity index (χ1v) is 5.35. The first kappa shape index (κ1) is 9.87. The van der Waals surface area contributed by atoms with Crippen LogP contribution in [0.2, 0.25) is 0 Å². The van der Waals surface area contributed by atoms with Crippen LogP contribution in [0.15, 0.2) is 6.07 Å². The van der Waals surface area contributed by atoms with Gasteiger partial charge in [0.25, 0.3) is 0 Å². The molecule has 14 heavy (non-hydrogen) atoms. The molecule has 2 heterocycles. The van der Waals surface area contributed by atoms with Gasteiger partial charge in [0.05, 0.1) is 11.6 Å². The zero-order chi connectivity index (χ0) is 9.97. The fourth-order valence-corrected chi connectivity index (χ4v) is 1.79. The molecule has 4 heteroatoms. The zero-order valence-corrected chi connectivity index (χ0v) is 8.92. The Morgan fingerprint density at radius 2 is 2.43 bits per heavy atom. The van der Waals surface area contributed by atoms with Crippen molar-refractivity contribution in [2.75, 3.05) is 6.61 Å². The smallest absolute Gasteiger partial charge is 0.157 e. The summed E-state index contributed by atoms with van der Waals surface area (Å²) in [5.74, 6) is 1.22. The lowest BCUT2D eigenvalue weighted by atomic mass is 10.2. The lowest BCUT2D eigenvalue weighted by Crippen LogP contribution is -2.06. The van der Waals surface area contributed by atoms with Gasteiger partial charge in [0, 0.05) is 12.3 Å². The Labute approximate surface area is 88.5 Å². The standard InChI is InChI=1S/C10H13ClN2O/c1-7-5-8(6-11)13-10(12-7)9-3-2-4-14-9/h5,9H,2-4,6H2,1H3. The Morgan fingerprint density at radius 3 is 3.07 bits per heavy atom. The molecule has 0 radical (unpaired) electrons. The molecule has 0 amide bonds. The van der Waals surface area contributed by atoms with E-state index in [4.69, 9.17) is 16.3 Å². The minimum atomic E-state index is 0.0804. The third-order valence-electron chi connectivity index (χ3n) is 2.28. The number of halogens is 1. The number of hydrogen-bond acceptors (Lipinski definition) is 3. The van der Waals surface area contributed by atoms with Crippen molar-refractivity contribution in [3.05, 3.63) is 23.3 Å². The van der Waals surface area contributed by atoms with Gasteiger partial charge in [-0.15, -0.1) is 11.6 Å². The van der Waals surface area contributed by atoms with Gasteiger partial charge in [0.2, 0.25) is 0 Å². The molecule has 1 saturated heterocycles. The number of aromatic nitrogens is 2. The Bertz CT molecular complexity index is 324. The van der Waals surface area contributed by atoms with E-state index in [9.17, 15) is 0 Å². The number of nitrogens with zero attached hydrogens (tertiary/aromatic N) is 2. The third kappa shape index (κ3) is 2.04. The average molecular weight is 213 g/mol. The van der Waals surface area contributed by atoms with Gasteiger partial charge in [-0.1, -0.05) is 0 Å². The monoisotopic (exact) mass is 212 g/mol. The summed E-state index contributed by atoms with van der Waals surface area (Å²) in [5.41, 5.74) is 1.84. The maximum Gasteiger partial charge on any atom is 0.157 e. The first-order valence-electron chi connectivity index (χ1n) is 4.81. The molecular formula is C10H13ClN2O. The number of alkyl halides is 1. The van der Waals surface area contributed by atoms with Crippen molar-refractivity contribution >= 4 is 11.6 Å². The number of ether oxygens (including phenoxy) is 1. The Morgan fingerprint density at radius 1 is 1.57 bits per heavy atom. The van der Waals surface area contributed by atoms with E-state index in [2.05, 4.69) is 9.97 Å². The second-order valence-corrected chi connectivity index (χ2v) is 3.76. The summed E-state index contributed by atoms with van der Waals surface area (Å²) in [5, 5.41) is 0. The van der Waals surface area contributed by atoms with E-state index >= 15 is 0 Å². The SMILES string of the molecule is Cc1cc(CCl)nc(C2CCCO2)n1. The van der Waals surface area contributed by atoms with Crippen molar-refractivity contribution in [2.45, 2.75) is 31.7 Å². The topological polar surface area (TPSA) is 35.0 Å². The van der Waals surface area contributed by atoms with Gasteiger partial charge >= 0.3 is 0 Å². The van der Waals surface area contributed by atoms with E-state index in [1.165, 1.54) is 0 Å². The van der Waals surface area contributed by atoms with Crippen LogP contribution < -0.4 is 0 Å². The van der Waals surface area contributed by atoms with E-state index in [-0.39, 0.29) is 6.10 Å². The highest BCUT2D eigenvalue weighted by Crippen LogP contribution is 2.26. The first-order chi connectivity index (χ1) is 6.79. The number of aryl methyl sites for hydroxylation is 1. The Balaban J connectivity index is 2.27. The summed E-state index contributed by atoms with van der Waals surface area (Å²) in [4.78, 5) is 8.74. The minimum absolute atomic E-state index is 0.0804. The predicted molar refractivity (Wildman–Crippen MR) is 54.3 cm³/mol. The maximum atomic E-state index is 5.75. The van der Waals surface area contributed by atoms with Crippen LogP contribution in [-0.4, -0.2) is 16.6 Å². The maximum absolute atomic E-state index is 5.75. The van der Waals surface area contributed by atoms with Crippen LogP contribution in [-0.2, 0) is 10.6 Å². The van der Waals surface area contributed by atoms with Crippen molar-refractivity contribution < 1.29 is 4.74 Å². The zero-order valence-electron chi connectivity index (χ0n) is 8.16. The molecule has 1 atom stereocenters. The lowest BCUT2D eigenvalue weighted by molar-refractivity contribution is 0.104. The molecule has 1 aromatic heterocycles. The van der Waals surface area contributed by atoms with E-state index in [0.29, 0.717) is 5.88 Å². The highest BCUT2D eigenvalue weighted by Gasteiger charge is 2.20. The van der Waals surface area contributed by atoms with Gasteiger partial charge in [-0.05, 0) is 25.8 Å². The van der Waals surface area contributed by atoms with Gasteiger partial charge in [0.1, 0.15) is 6.10 Å². The number of hydrogen-bond donors (Lipinski definition) is 0. The summed E-state index contributed by atoms with van der Waals surface area (Å²) in [6.07, 6.45) is 2.19. The summed E-state index contributed by atoms with van der Waals surface area (Å²) in [6, 6.07) is 1.91. The molecule has 0 aromatic carbocycles. The quantitative estimate of drug-likeness (QED) is 0.706. The molecule has 0 aliphatic carbocycles. The molecule has 1 unspecified atom stereocenters. The molecular weight excluding hydrogens is 200 g/mol. The fourth-order valence-electron chi connectivity index (χ4n) is 1.65. The van der Waals surface area contributed by atoms with Crippen LogP contribution in [0.25, 0.3) is 0 Å². The van der Waals surface area contributed by atoms with Crippen molar-refractivity contribution in [3.8, 4) is 0 Å². The largest absolute Gasteiger partial charge is 0.370 e. The third-order valence-corrected chi connectivity index (χ3v) is 2.55. The average Bonchev–Trinajstić information content (AvgIpc) is 2.69. The molecule has 1 fully saturated rings. The van der Waals surface area contributed by atoms with Gasteiger partial charge in [-0.2, -0.15) is 0 Å². The lowest BCUT2D eigenvalue weighted by Gasteiger charge is -2.09. The van der Waals surface area contributed by atoms with Gasteiger partial charge in [0.15, 0.2) is 5.82 Å². The predicted octanol–water partition coefficient (Wildman–Crippen LogP) is 2.38. The van der Waals surface area contributed by atoms with Gasteiger partial charge in [-0.3, -0.25) is 0 Å². The van der Waals surface area contributed by atoms with E-state index in [0.717, 1.165) is 36.7 Å². The van der Waals surface area contributed by atoms with Crippen LogP contribution in [0, 0.1) is 6.92 Å². The van der Waals surface area contributed by atoms with Gasteiger partial charge < -0.3 is 4.74 Å². The molecule has 0 saturated carbocycles. The minimum Gasteiger partial charge on any atom is -0.370 e. The molecule has 1 aliphatic rings. The van der Waals surface area contributed by atoms with Crippen LogP contribution in [0.3, 0.4) is 0 Å². The van der Waals surface area contributed by atoms with Crippen LogP contribution >= 0.6 is 11.6 Å². The Kier molecular flexibility index (Phi) is 2.99. The molecule has 2 rings (SSSR count). The van der Waals surface area contributed by atoms with E-state index < -0.39 is 0 Å². The molecule has 0 bridgehead atoms. The van der Waals surface area contributed by atoms with Crippen LogP contribution in [0.4, 0.5) is 0 Å². The van der Waals surface area contributed by atoms with Crippen molar-refractivity contribution in [3.63, 3.8) is 0 Å². The normalized spacial score (nSPS) is 21.4. The highest BCUT2D eigenvalue weighted by atomic mass is 35.5. The van der Waals surface area contributed by atoms with Crippen molar-refractivity contribution in [1.82, 2.24) is 9.97 Å². The molecule has 3 nitrogen and oxygen atoms in total. The molecule has 0 spiro atoms. The second kappa shape index (κ2) is 4.24. The van der Waals surface area contributed by atoms with Crippen LogP contribution in [0.5, 0.6) is 0 Å². The fraction of sp³-hybridized carbons (Fsp3) is 0.600. The van der Waals surface area contributed by atoms with Crippen LogP contribution in [0.1, 0.15) is 36.2 Å². The van der Waals surface area contributed by atoms with E-state index in [1.807, 2.05) is 13.0 Å². The Hall–Kier alpha value is -0.670. The summed E-state index contributed by atoms with van der Waals surface area (Å²) in [7, 11) is 0. The summed E-state index contributed by atoms with van der Waals surface area (Å²) >= 11 is 5.75. The molecule has 1 aromatic rings.